The van der Waals surface area contributed by atoms with Gasteiger partial charge in [-0.25, -0.2) is 8.42 Å². The van der Waals surface area contributed by atoms with Crippen molar-refractivity contribution in [2.45, 2.75) is 23.7 Å². The van der Waals surface area contributed by atoms with Crippen LogP contribution in [0.25, 0.3) is 0 Å². The molecule has 0 aliphatic carbocycles. The van der Waals surface area contributed by atoms with Crippen LogP contribution in [0.4, 0.5) is 5.69 Å². The van der Waals surface area contributed by atoms with Gasteiger partial charge in [0.25, 0.3) is 10.0 Å². The van der Waals surface area contributed by atoms with Crippen LogP contribution in [0.3, 0.4) is 0 Å². The van der Waals surface area contributed by atoms with Gasteiger partial charge in [0, 0.05) is 18.8 Å². The number of thiophene rings is 1. The zero-order valence-corrected chi connectivity index (χ0v) is 18.6. The van der Waals surface area contributed by atoms with Crippen LogP contribution in [0.5, 0.6) is 5.75 Å². The third kappa shape index (κ3) is 5.33. The molecule has 4 rings (SSSR count). The Kier molecular flexibility index (Phi) is 6.70. The lowest BCUT2D eigenvalue weighted by molar-refractivity contribution is -0.120. The van der Waals surface area contributed by atoms with Crippen LogP contribution in [-0.4, -0.2) is 31.7 Å². The summed E-state index contributed by atoms with van der Waals surface area (Å²) in [6.45, 7) is 1.12. The minimum atomic E-state index is -3.54. The lowest BCUT2D eigenvalue weighted by Crippen LogP contribution is -2.43. The van der Waals surface area contributed by atoms with Crippen LogP contribution in [0.2, 0.25) is 0 Å². The molecule has 2 heterocycles. The van der Waals surface area contributed by atoms with Crippen LogP contribution in [0.1, 0.15) is 18.4 Å². The summed E-state index contributed by atoms with van der Waals surface area (Å²) in [5.74, 6) is 0.175. The molecule has 1 fully saturated rings. The smallest absolute Gasteiger partial charge is 0.252 e. The summed E-state index contributed by atoms with van der Waals surface area (Å²) < 4.78 is 33.0. The van der Waals surface area contributed by atoms with Gasteiger partial charge in [0.15, 0.2) is 0 Å². The van der Waals surface area contributed by atoms with E-state index in [1.54, 1.807) is 29.6 Å². The van der Waals surface area contributed by atoms with E-state index in [2.05, 4.69) is 5.32 Å². The van der Waals surface area contributed by atoms with Gasteiger partial charge in [-0.2, -0.15) is 4.31 Å². The fourth-order valence-electron chi connectivity index (χ4n) is 3.53. The maximum atomic E-state index is 12.8. The third-order valence-electron chi connectivity index (χ3n) is 5.21. The molecule has 0 radical (unpaired) electrons. The van der Waals surface area contributed by atoms with Gasteiger partial charge in [-0.15, -0.1) is 11.3 Å². The van der Waals surface area contributed by atoms with Crippen LogP contribution in [-0.2, 0) is 21.4 Å². The van der Waals surface area contributed by atoms with Crippen molar-refractivity contribution in [1.82, 2.24) is 4.31 Å². The highest BCUT2D eigenvalue weighted by Gasteiger charge is 2.33. The van der Waals surface area contributed by atoms with Gasteiger partial charge in [0.1, 0.15) is 16.6 Å². The largest absolute Gasteiger partial charge is 0.489 e. The maximum Gasteiger partial charge on any atom is 0.252 e. The van der Waals surface area contributed by atoms with Crippen molar-refractivity contribution in [2.24, 2.45) is 5.92 Å². The third-order valence-corrected chi connectivity index (χ3v) is 8.45. The second-order valence-electron chi connectivity index (χ2n) is 7.42. The van der Waals surface area contributed by atoms with Crippen LogP contribution >= 0.6 is 11.3 Å². The van der Waals surface area contributed by atoms with Gasteiger partial charge in [0.2, 0.25) is 5.91 Å². The molecule has 162 valence electrons. The number of rotatable bonds is 7. The number of hydrogen-bond donors (Lipinski definition) is 1. The van der Waals surface area contributed by atoms with Crippen molar-refractivity contribution in [2.75, 3.05) is 18.4 Å². The number of nitrogens with one attached hydrogen (secondary N) is 1. The number of hydrogen-bond acceptors (Lipinski definition) is 5. The number of benzene rings is 2. The van der Waals surface area contributed by atoms with E-state index in [1.165, 1.54) is 15.6 Å². The topological polar surface area (TPSA) is 75.7 Å². The molecule has 2 aromatic carbocycles. The Morgan fingerprint density at radius 1 is 1.06 bits per heavy atom. The number of amides is 1. The zero-order chi connectivity index (χ0) is 21.7. The Labute approximate surface area is 186 Å². The quantitative estimate of drug-likeness (QED) is 0.573. The number of piperidine rings is 1. The second-order valence-corrected chi connectivity index (χ2v) is 10.5. The Balaban J connectivity index is 1.33. The normalized spacial score (nSPS) is 17.2. The molecule has 6 nitrogen and oxygen atoms in total. The first-order valence-corrected chi connectivity index (χ1v) is 12.5. The van der Waals surface area contributed by atoms with Gasteiger partial charge < -0.3 is 10.1 Å². The van der Waals surface area contributed by atoms with E-state index >= 15 is 0 Å². The standard InChI is InChI=1S/C23H24N2O4S2/c26-23(19-8-4-14-25(16-19)31(27,28)22-9-5-15-30-22)24-20-10-12-21(13-11-20)29-17-18-6-2-1-3-7-18/h1-3,5-7,9-13,15,19H,4,8,14,16-17H2,(H,24,26)/t19-/m1/s1. The number of sulfonamides is 1. The molecule has 1 atom stereocenters. The molecule has 1 aliphatic heterocycles. The SMILES string of the molecule is O=C(Nc1ccc(OCc2ccccc2)cc1)[C@@H]1CCCN(S(=O)(=O)c2cccs2)C1. The Hall–Kier alpha value is -2.68. The van der Waals surface area contributed by atoms with Crippen LogP contribution in [0.15, 0.2) is 76.3 Å². The second kappa shape index (κ2) is 9.64. The summed E-state index contributed by atoms with van der Waals surface area (Å²) in [6.07, 6.45) is 1.33. The monoisotopic (exact) mass is 456 g/mol. The van der Waals surface area contributed by atoms with E-state index in [-0.39, 0.29) is 18.4 Å². The highest BCUT2D eigenvalue weighted by atomic mass is 32.2. The first-order valence-electron chi connectivity index (χ1n) is 10.1. The van der Waals surface area contributed by atoms with Crippen LogP contribution in [0, 0.1) is 5.92 Å². The van der Waals surface area contributed by atoms with Crippen molar-refractivity contribution in [1.29, 1.82) is 0 Å². The summed E-state index contributed by atoms with van der Waals surface area (Å²) in [6, 6.07) is 20.4. The molecule has 1 amide bonds. The lowest BCUT2D eigenvalue weighted by atomic mass is 9.99. The van der Waals surface area contributed by atoms with E-state index in [1.807, 2.05) is 42.5 Å². The summed E-state index contributed by atoms with van der Waals surface area (Å²) in [7, 11) is -3.54. The van der Waals surface area contributed by atoms with Crippen molar-refractivity contribution >= 4 is 33.0 Å². The molecule has 0 saturated carbocycles. The molecule has 0 spiro atoms. The predicted molar refractivity (Wildman–Crippen MR) is 122 cm³/mol. The molecule has 0 unspecified atom stereocenters. The number of ether oxygens (including phenoxy) is 1. The average molecular weight is 457 g/mol. The fourth-order valence-corrected chi connectivity index (χ4v) is 6.20. The molecular formula is C23H24N2O4S2. The minimum absolute atomic E-state index is 0.163. The van der Waals surface area contributed by atoms with E-state index in [4.69, 9.17) is 4.74 Å². The van der Waals surface area contributed by atoms with Crippen molar-refractivity contribution in [3.63, 3.8) is 0 Å². The highest BCUT2D eigenvalue weighted by molar-refractivity contribution is 7.91. The van der Waals surface area contributed by atoms with Crippen LogP contribution < -0.4 is 10.1 Å². The van der Waals surface area contributed by atoms with Gasteiger partial charge >= 0.3 is 0 Å². The number of anilines is 1. The minimum Gasteiger partial charge on any atom is -0.489 e. The van der Waals surface area contributed by atoms with Crippen molar-refractivity contribution in [3.8, 4) is 5.75 Å². The summed E-state index contributed by atoms with van der Waals surface area (Å²) in [4.78, 5) is 12.8. The Bertz CT molecular complexity index is 1100. The molecule has 8 heteroatoms. The molecule has 3 aromatic rings. The van der Waals surface area contributed by atoms with E-state index in [0.717, 1.165) is 5.56 Å². The first kappa shape index (κ1) is 21.5. The number of nitrogens with zero attached hydrogens (tertiary/aromatic N) is 1. The molecule has 1 aromatic heterocycles. The van der Waals surface area contributed by atoms with E-state index in [9.17, 15) is 13.2 Å². The van der Waals surface area contributed by atoms with Crippen molar-refractivity contribution in [3.05, 3.63) is 77.7 Å². The van der Waals surface area contributed by atoms with Crippen molar-refractivity contribution < 1.29 is 17.9 Å². The predicted octanol–water partition coefficient (Wildman–Crippen LogP) is 4.37. The first-order chi connectivity index (χ1) is 15.0. The van der Waals surface area contributed by atoms with Gasteiger partial charge in [-0.1, -0.05) is 36.4 Å². The molecule has 1 saturated heterocycles. The molecular weight excluding hydrogens is 432 g/mol. The van der Waals surface area contributed by atoms with E-state index < -0.39 is 10.0 Å². The molecule has 0 bridgehead atoms. The molecule has 31 heavy (non-hydrogen) atoms. The summed E-state index contributed by atoms with van der Waals surface area (Å²) in [5, 5.41) is 4.65. The number of carbonyl (C=O) groups is 1. The maximum absolute atomic E-state index is 12.8. The van der Waals surface area contributed by atoms with Gasteiger partial charge in [0.05, 0.1) is 5.92 Å². The Morgan fingerprint density at radius 2 is 1.84 bits per heavy atom. The summed E-state index contributed by atoms with van der Waals surface area (Å²) >= 11 is 1.20. The van der Waals surface area contributed by atoms with E-state index in [0.29, 0.717) is 41.6 Å². The zero-order valence-electron chi connectivity index (χ0n) is 16.9. The van der Waals surface area contributed by atoms with Gasteiger partial charge in [-0.3, -0.25) is 4.79 Å². The lowest BCUT2D eigenvalue weighted by Gasteiger charge is -2.30. The molecule has 1 aliphatic rings. The fraction of sp³-hybridized carbons (Fsp3) is 0.261. The highest BCUT2D eigenvalue weighted by Crippen LogP contribution is 2.27. The van der Waals surface area contributed by atoms with Gasteiger partial charge in [-0.05, 0) is 54.1 Å². The summed E-state index contributed by atoms with van der Waals surface area (Å²) in [5.41, 5.74) is 1.74. The molecule has 1 N–H and O–H groups in total. The number of carbonyl (C=O) groups excluding carboxylic acids is 1. The average Bonchev–Trinajstić information content (AvgIpc) is 3.35. The Morgan fingerprint density at radius 3 is 2.55 bits per heavy atom.